The van der Waals surface area contributed by atoms with E-state index in [9.17, 15) is 4.79 Å². The van der Waals surface area contributed by atoms with Crippen LogP contribution in [-0.2, 0) is 6.42 Å². The van der Waals surface area contributed by atoms with Gasteiger partial charge in [0.05, 0.1) is 17.7 Å². The topological polar surface area (TPSA) is 63.2 Å². The van der Waals surface area contributed by atoms with Crippen molar-refractivity contribution in [1.82, 2.24) is 10.3 Å². The molecule has 148 valence electrons. The highest BCUT2D eigenvalue weighted by Crippen LogP contribution is 2.32. The summed E-state index contributed by atoms with van der Waals surface area (Å²) < 4.78 is 5.20. The van der Waals surface area contributed by atoms with E-state index in [0.29, 0.717) is 5.02 Å². The zero-order valence-corrected chi connectivity index (χ0v) is 17.7. The summed E-state index contributed by atoms with van der Waals surface area (Å²) in [6.07, 6.45) is 4.35. The van der Waals surface area contributed by atoms with E-state index in [1.54, 1.807) is 12.4 Å². The van der Waals surface area contributed by atoms with E-state index in [0.717, 1.165) is 17.7 Å². The molecule has 1 amide bonds. The Hall–Kier alpha value is -2.67. The molecule has 0 spiro atoms. The number of rotatable bonds is 5. The number of methoxy groups -OCH3 is 1. The average molecular weight is 446 g/mol. The lowest BCUT2D eigenvalue weighted by Crippen LogP contribution is -2.34. The molecule has 0 atom stereocenters. The summed E-state index contributed by atoms with van der Waals surface area (Å²) in [4.78, 5) is 16.6. The Morgan fingerprint density at radius 1 is 1.07 bits per heavy atom. The van der Waals surface area contributed by atoms with Crippen molar-refractivity contribution in [3.8, 4) is 5.75 Å². The molecule has 3 aromatic rings. The zero-order chi connectivity index (χ0) is 20.8. The van der Waals surface area contributed by atoms with Gasteiger partial charge >= 0.3 is 0 Å². The second-order valence-electron chi connectivity index (χ2n) is 6.11. The molecule has 0 aliphatic rings. The first-order chi connectivity index (χ1) is 14.0. The number of carbonyl (C=O) groups excluding carboxylic acids is 1. The van der Waals surface area contributed by atoms with Crippen LogP contribution in [0, 0.1) is 0 Å². The number of benzene rings is 2. The van der Waals surface area contributed by atoms with E-state index in [1.807, 2.05) is 36.4 Å². The van der Waals surface area contributed by atoms with Gasteiger partial charge in [0.1, 0.15) is 5.75 Å². The quantitative estimate of drug-likeness (QED) is 0.533. The van der Waals surface area contributed by atoms with Gasteiger partial charge in [-0.1, -0.05) is 35.3 Å². The van der Waals surface area contributed by atoms with E-state index in [-0.39, 0.29) is 21.4 Å². The number of amides is 1. The molecular formula is C21H17Cl2N3O2S. The van der Waals surface area contributed by atoms with Gasteiger partial charge in [-0.2, -0.15) is 0 Å². The summed E-state index contributed by atoms with van der Waals surface area (Å²) in [6, 6.07) is 14.7. The standard InChI is InChI=1S/C21H17Cl2N3O2S/c1-28-19-17(11-15(22)12-18(19)23)20(27)26-21(29)25-16-4-2-13(3-5-16)10-14-6-8-24-9-7-14/h2-9,11-12H,10H2,1H3,(H2,25,26,27,29). The lowest BCUT2D eigenvalue weighted by molar-refractivity contribution is 0.0975. The van der Waals surface area contributed by atoms with E-state index in [1.165, 1.54) is 24.8 Å². The van der Waals surface area contributed by atoms with Gasteiger partial charge in [0.2, 0.25) is 0 Å². The third-order valence-corrected chi connectivity index (χ3v) is 4.76. The maximum absolute atomic E-state index is 12.5. The molecule has 1 heterocycles. The molecular weight excluding hydrogens is 429 g/mol. The average Bonchev–Trinajstić information content (AvgIpc) is 2.69. The van der Waals surface area contributed by atoms with E-state index >= 15 is 0 Å². The van der Waals surface area contributed by atoms with Gasteiger partial charge in [0.25, 0.3) is 5.91 Å². The lowest BCUT2D eigenvalue weighted by Gasteiger charge is -2.13. The molecule has 2 aromatic carbocycles. The minimum Gasteiger partial charge on any atom is -0.494 e. The van der Waals surface area contributed by atoms with Gasteiger partial charge in [0, 0.05) is 23.1 Å². The smallest absolute Gasteiger partial charge is 0.261 e. The molecule has 8 heteroatoms. The largest absolute Gasteiger partial charge is 0.494 e. The van der Waals surface area contributed by atoms with Crippen molar-refractivity contribution in [2.45, 2.75) is 6.42 Å². The van der Waals surface area contributed by atoms with Crippen LogP contribution >= 0.6 is 35.4 Å². The summed E-state index contributed by atoms with van der Waals surface area (Å²) in [5.41, 5.74) is 3.28. The van der Waals surface area contributed by atoms with Crippen molar-refractivity contribution in [2.24, 2.45) is 0 Å². The van der Waals surface area contributed by atoms with E-state index < -0.39 is 5.91 Å². The van der Waals surface area contributed by atoms with E-state index in [4.69, 9.17) is 40.2 Å². The molecule has 0 fully saturated rings. The molecule has 0 saturated heterocycles. The molecule has 0 aliphatic carbocycles. The van der Waals surface area contributed by atoms with Gasteiger partial charge in [0.15, 0.2) is 5.11 Å². The molecule has 2 N–H and O–H groups in total. The van der Waals surface area contributed by atoms with Crippen molar-refractivity contribution in [2.75, 3.05) is 12.4 Å². The molecule has 3 rings (SSSR count). The van der Waals surface area contributed by atoms with Crippen LogP contribution in [0.2, 0.25) is 10.0 Å². The van der Waals surface area contributed by atoms with Crippen LogP contribution in [-0.4, -0.2) is 23.1 Å². The van der Waals surface area contributed by atoms with Crippen LogP contribution in [0.25, 0.3) is 0 Å². The Kier molecular flexibility index (Phi) is 7.04. The number of thiocarbonyl (C=S) groups is 1. The number of anilines is 1. The van der Waals surface area contributed by atoms with Gasteiger partial charge in [-0.25, -0.2) is 0 Å². The number of ether oxygens (including phenoxy) is 1. The van der Waals surface area contributed by atoms with E-state index in [2.05, 4.69) is 15.6 Å². The molecule has 29 heavy (non-hydrogen) atoms. The summed E-state index contributed by atoms with van der Waals surface area (Å²) in [5.74, 6) is -0.241. The zero-order valence-electron chi connectivity index (χ0n) is 15.4. The second-order valence-corrected chi connectivity index (χ2v) is 7.36. The predicted molar refractivity (Wildman–Crippen MR) is 120 cm³/mol. The van der Waals surface area contributed by atoms with Crippen LogP contribution in [0.3, 0.4) is 0 Å². The predicted octanol–water partition coefficient (Wildman–Crippen LogP) is 5.11. The first kappa shape index (κ1) is 21.0. The van der Waals surface area contributed by atoms with Crippen molar-refractivity contribution in [1.29, 1.82) is 0 Å². The number of aromatic nitrogens is 1. The number of nitrogens with one attached hydrogen (secondary N) is 2. The third-order valence-electron chi connectivity index (χ3n) is 4.05. The van der Waals surface area contributed by atoms with Crippen LogP contribution in [0.4, 0.5) is 5.69 Å². The Morgan fingerprint density at radius 3 is 2.38 bits per heavy atom. The Labute approximate surface area is 184 Å². The van der Waals surface area contributed by atoms with Crippen LogP contribution in [0.15, 0.2) is 60.9 Å². The first-order valence-corrected chi connectivity index (χ1v) is 9.76. The van der Waals surface area contributed by atoms with Crippen molar-refractivity contribution in [3.63, 3.8) is 0 Å². The first-order valence-electron chi connectivity index (χ1n) is 8.59. The molecule has 0 aliphatic heterocycles. The summed E-state index contributed by atoms with van der Waals surface area (Å²) in [5, 5.41) is 6.30. The molecule has 0 bridgehead atoms. The Bertz CT molecular complexity index is 1030. The number of hydrogen-bond donors (Lipinski definition) is 2. The van der Waals surface area contributed by atoms with Gasteiger partial charge in [-0.05, 0) is 66.2 Å². The maximum Gasteiger partial charge on any atom is 0.261 e. The van der Waals surface area contributed by atoms with Crippen molar-refractivity contribution >= 4 is 52.1 Å². The Morgan fingerprint density at radius 2 is 1.72 bits per heavy atom. The lowest BCUT2D eigenvalue weighted by atomic mass is 10.1. The fraction of sp³-hybridized carbons (Fsp3) is 0.0952. The number of pyridine rings is 1. The highest BCUT2D eigenvalue weighted by atomic mass is 35.5. The summed E-state index contributed by atoms with van der Waals surface area (Å²) >= 11 is 17.3. The fourth-order valence-corrected chi connectivity index (χ4v) is 3.49. The van der Waals surface area contributed by atoms with Crippen molar-refractivity contribution < 1.29 is 9.53 Å². The minimum atomic E-state index is -0.474. The van der Waals surface area contributed by atoms with Crippen molar-refractivity contribution in [3.05, 3.63) is 87.7 Å². The minimum absolute atomic E-state index is 0.148. The van der Waals surface area contributed by atoms with Crippen LogP contribution in [0.1, 0.15) is 21.5 Å². The normalized spacial score (nSPS) is 10.3. The summed E-state index contributed by atoms with van der Waals surface area (Å²) in [7, 11) is 1.43. The third kappa shape index (κ3) is 5.67. The SMILES string of the molecule is COc1c(Cl)cc(Cl)cc1C(=O)NC(=S)Nc1ccc(Cc2ccncc2)cc1. The number of hydrogen-bond acceptors (Lipinski definition) is 4. The highest BCUT2D eigenvalue weighted by molar-refractivity contribution is 7.80. The van der Waals surface area contributed by atoms with Crippen LogP contribution < -0.4 is 15.4 Å². The van der Waals surface area contributed by atoms with Gasteiger partial charge < -0.3 is 10.1 Å². The van der Waals surface area contributed by atoms with Gasteiger partial charge in [-0.3, -0.25) is 15.1 Å². The highest BCUT2D eigenvalue weighted by Gasteiger charge is 2.17. The monoisotopic (exact) mass is 445 g/mol. The number of halogens is 2. The molecule has 5 nitrogen and oxygen atoms in total. The maximum atomic E-state index is 12.5. The molecule has 1 aromatic heterocycles. The molecule has 0 radical (unpaired) electrons. The number of nitrogens with zero attached hydrogens (tertiary/aromatic N) is 1. The summed E-state index contributed by atoms with van der Waals surface area (Å²) in [6.45, 7) is 0. The second kappa shape index (κ2) is 9.69. The molecule has 0 unspecified atom stereocenters. The number of carbonyl (C=O) groups is 1. The van der Waals surface area contributed by atoms with Gasteiger partial charge in [-0.15, -0.1) is 0 Å². The molecule has 0 saturated carbocycles. The Balaban J connectivity index is 1.63. The fourth-order valence-electron chi connectivity index (χ4n) is 2.71. The van der Waals surface area contributed by atoms with Crippen LogP contribution in [0.5, 0.6) is 5.75 Å².